The molecular weight excluding hydrogens is 297 g/mol. The molecule has 1 aromatic carbocycles. The minimum atomic E-state index is -4.44. The van der Waals surface area contributed by atoms with E-state index in [0.717, 1.165) is 23.5 Å². The van der Waals surface area contributed by atoms with Gasteiger partial charge in [0, 0.05) is 12.7 Å². The number of carbonyl (C=O) groups excluding carboxylic acids is 1. The molecule has 0 spiro atoms. The molecule has 0 aliphatic carbocycles. The van der Waals surface area contributed by atoms with Crippen LogP contribution in [0.5, 0.6) is 0 Å². The first-order valence-electron chi connectivity index (χ1n) is 6.47. The number of amides is 2. The molecule has 0 radical (unpaired) electrons. The van der Waals surface area contributed by atoms with Crippen LogP contribution in [0.1, 0.15) is 17.0 Å². The van der Waals surface area contributed by atoms with Gasteiger partial charge in [-0.15, -0.1) is 0 Å². The maximum atomic E-state index is 12.6. The summed E-state index contributed by atoms with van der Waals surface area (Å²) < 4.78 is 39.4. The van der Waals surface area contributed by atoms with Gasteiger partial charge in [0.05, 0.1) is 23.5 Å². The zero-order valence-corrected chi connectivity index (χ0v) is 12.0. The Bertz CT molecular complexity index is 679. The molecule has 0 saturated heterocycles. The lowest BCUT2D eigenvalue weighted by Gasteiger charge is -2.10. The molecule has 5 nitrogen and oxygen atoms in total. The van der Waals surface area contributed by atoms with Gasteiger partial charge in [-0.25, -0.2) is 4.79 Å². The van der Waals surface area contributed by atoms with E-state index in [4.69, 9.17) is 0 Å². The zero-order valence-electron chi connectivity index (χ0n) is 12.0. The smallest absolute Gasteiger partial charge is 0.332 e. The number of alkyl halides is 3. The van der Waals surface area contributed by atoms with Gasteiger partial charge in [-0.05, 0) is 31.2 Å². The van der Waals surface area contributed by atoms with E-state index in [0.29, 0.717) is 0 Å². The molecule has 0 atom stereocenters. The minimum absolute atomic E-state index is 0.0773. The molecule has 2 aromatic rings. The topological polar surface area (TPSA) is 59.0 Å². The molecule has 8 heteroatoms. The van der Waals surface area contributed by atoms with Crippen molar-refractivity contribution in [3.63, 3.8) is 0 Å². The van der Waals surface area contributed by atoms with E-state index in [1.165, 1.54) is 12.1 Å². The number of benzene rings is 1. The van der Waals surface area contributed by atoms with Gasteiger partial charge in [-0.2, -0.15) is 18.3 Å². The Morgan fingerprint density at radius 3 is 2.64 bits per heavy atom. The van der Waals surface area contributed by atoms with E-state index < -0.39 is 17.8 Å². The molecule has 0 aliphatic heterocycles. The fraction of sp³-hybridized carbons (Fsp3) is 0.286. The summed E-state index contributed by atoms with van der Waals surface area (Å²) in [5, 5.41) is 9.07. The Morgan fingerprint density at radius 1 is 1.32 bits per heavy atom. The molecule has 0 aliphatic rings. The van der Waals surface area contributed by atoms with Crippen LogP contribution in [0.2, 0.25) is 0 Å². The van der Waals surface area contributed by atoms with Crippen molar-refractivity contribution in [2.45, 2.75) is 19.6 Å². The van der Waals surface area contributed by atoms with Gasteiger partial charge in [-0.1, -0.05) is 6.07 Å². The SMILES string of the molecule is Cc1cc(CNC(=O)Nc2cccc(C(F)(F)F)c2)n(C)n1. The highest BCUT2D eigenvalue weighted by molar-refractivity contribution is 5.89. The third kappa shape index (κ3) is 4.00. The number of aromatic nitrogens is 2. The molecule has 22 heavy (non-hydrogen) atoms. The summed E-state index contributed by atoms with van der Waals surface area (Å²) in [6.45, 7) is 2.05. The van der Waals surface area contributed by atoms with Crippen molar-refractivity contribution in [1.82, 2.24) is 15.1 Å². The number of urea groups is 1. The van der Waals surface area contributed by atoms with Crippen molar-refractivity contribution in [3.8, 4) is 0 Å². The van der Waals surface area contributed by atoms with Gasteiger partial charge in [0.2, 0.25) is 0 Å². The van der Waals surface area contributed by atoms with Gasteiger partial charge >= 0.3 is 12.2 Å². The van der Waals surface area contributed by atoms with Crippen LogP contribution in [0, 0.1) is 6.92 Å². The molecule has 0 fully saturated rings. The Balaban J connectivity index is 1.96. The third-order valence-electron chi connectivity index (χ3n) is 2.98. The van der Waals surface area contributed by atoms with Crippen LogP contribution >= 0.6 is 0 Å². The van der Waals surface area contributed by atoms with E-state index in [1.54, 1.807) is 11.7 Å². The van der Waals surface area contributed by atoms with Gasteiger partial charge in [-0.3, -0.25) is 4.68 Å². The molecule has 2 N–H and O–H groups in total. The highest BCUT2D eigenvalue weighted by Crippen LogP contribution is 2.30. The first-order valence-corrected chi connectivity index (χ1v) is 6.47. The van der Waals surface area contributed by atoms with Crippen molar-refractivity contribution >= 4 is 11.7 Å². The fourth-order valence-electron chi connectivity index (χ4n) is 1.95. The van der Waals surface area contributed by atoms with Crippen LogP contribution in [-0.2, 0) is 19.8 Å². The summed E-state index contributed by atoms with van der Waals surface area (Å²) in [4.78, 5) is 11.7. The quantitative estimate of drug-likeness (QED) is 0.915. The number of nitrogens with one attached hydrogen (secondary N) is 2. The third-order valence-corrected chi connectivity index (χ3v) is 2.98. The lowest BCUT2D eigenvalue weighted by atomic mass is 10.2. The Morgan fingerprint density at radius 2 is 2.05 bits per heavy atom. The largest absolute Gasteiger partial charge is 0.416 e. The second-order valence-corrected chi connectivity index (χ2v) is 4.79. The van der Waals surface area contributed by atoms with Crippen molar-refractivity contribution in [2.75, 3.05) is 5.32 Å². The molecule has 2 rings (SSSR count). The van der Waals surface area contributed by atoms with Gasteiger partial charge < -0.3 is 10.6 Å². The van der Waals surface area contributed by atoms with Gasteiger partial charge in [0.1, 0.15) is 0 Å². The second-order valence-electron chi connectivity index (χ2n) is 4.79. The van der Waals surface area contributed by atoms with E-state index in [1.807, 2.05) is 13.0 Å². The molecule has 2 amide bonds. The average Bonchev–Trinajstić information content (AvgIpc) is 2.74. The van der Waals surface area contributed by atoms with Crippen LogP contribution in [0.15, 0.2) is 30.3 Å². The van der Waals surface area contributed by atoms with Crippen molar-refractivity contribution in [1.29, 1.82) is 0 Å². The fourth-order valence-corrected chi connectivity index (χ4v) is 1.95. The molecular formula is C14H15F3N4O. The van der Waals surface area contributed by atoms with Crippen LogP contribution in [0.4, 0.5) is 23.7 Å². The maximum Gasteiger partial charge on any atom is 0.416 e. The van der Waals surface area contributed by atoms with Crippen LogP contribution in [0.25, 0.3) is 0 Å². The number of halogens is 3. The lowest BCUT2D eigenvalue weighted by Crippen LogP contribution is -2.29. The average molecular weight is 312 g/mol. The Hall–Kier alpha value is -2.51. The van der Waals surface area contributed by atoms with Crippen LogP contribution in [-0.4, -0.2) is 15.8 Å². The van der Waals surface area contributed by atoms with E-state index in [-0.39, 0.29) is 12.2 Å². The minimum Gasteiger partial charge on any atom is -0.332 e. The molecule has 0 bridgehead atoms. The monoisotopic (exact) mass is 312 g/mol. The second kappa shape index (κ2) is 6.08. The molecule has 0 saturated carbocycles. The molecule has 1 aromatic heterocycles. The Labute approximate surface area is 125 Å². The summed E-state index contributed by atoms with van der Waals surface area (Å²) in [5.74, 6) is 0. The number of nitrogens with zero attached hydrogens (tertiary/aromatic N) is 2. The zero-order chi connectivity index (χ0) is 16.3. The van der Waals surface area contributed by atoms with Crippen molar-refractivity contribution in [2.24, 2.45) is 7.05 Å². The number of aryl methyl sites for hydroxylation is 2. The van der Waals surface area contributed by atoms with Gasteiger partial charge in [0.25, 0.3) is 0 Å². The molecule has 0 unspecified atom stereocenters. The molecule has 1 heterocycles. The standard InChI is InChI=1S/C14H15F3N4O/c1-9-6-12(21(2)20-9)8-18-13(22)19-11-5-3-4-10(7-11)14(15,16)17/h3-7H,8H2,1-2H3,(H2,18,19,22). The molecule has 118 valence electrons. The predicted octanol–water partition coefficient (Wildman–Crippen LogP) is 3.07. The summed E-state index contributed by atoms with van der Waals surface area (Å²) >= 11 is 0. The summed E-state index contributed by atoms with van der Waals surface area (Å²) in [7, 11) is 1.74. The summed E-state index contributed by atoms with van der Waals surface area (Å²) in [6, 6.07) is 5.68. The number of rotatable bonds is 3. The normalized spacial score (nSPS) is 11.3. The highest BCUT2D eigenvalue weighted by Gasteiger charge is 2.30. The number of carbonyl (C=O) groups is 1. The van der Waals surface area contributed by atoms with Crippen molar-refractivity contribution < 1.29 is 18.0 Å². The lowest BCUT2D eigenvalue weighted by molar-refractivity contribution is -0.137. The summed E-state index contributed by atoms with van der Waals surface area (Å²) in [6.07, 6.45) is -4.44. The van der Waals surface area contributed by atoms with Gasteiger partial charge in [0.15, 0.2) is 0 Å². The van der Waals surface area contributed by atoms with Crippen molar-refractivity contribution in [3.05, 3.63) is 47.3 Å². The highest BCUT2D eigenvalue weighted by atomic mass is 19.4. The summed E-state index contributed by atoms with van der Waals surface area (Å²) in [5.41, 5.74) is 0.871. The first-order chi connectivity index (χ1) is 10.3. The maximum absolute atomic E-state index is 12.6. The van der Waals surface area contributed by atoms with E-state index >= 15 is 0 Å². The van der Waals surface area contributed by atoms with E-state index in [2.05, 4.69) is 15.7 Å². The predicted molar refractivity (Wildman–Crippen MR) is 75.2 cm³/mol. The van der Waals surface area contributed by atoms with Crippen LogP contribution in [0.3, 0.4) is 0 Å². The van der Waals surface area contributed by atoms with E-state index in [9.17, 15) is 18.0 Å². The van der Waals surface area contributed by atoms with Crippen LogP contribution < -0.4 is 10.6 Å². The first kappa shape index (κ1) is 15.9. The number of anilines is 1. The number of hydrogen-bond acceptors (Lipinski definition) is 2. The Kier molecular flexibility index (Phi) is 4.39. The number of hydrogen-bond donors (Lipinski definition) is 2.